The molecule has 0 aromatic heterocycles. The molecule has 0 spiro atoms. The smallest absolute Gasteiger partial charge is 0.335 e. The first-order chi connectivity index (χ1) is 17.4. The third-order valence-electron chi connectivity index (χ3n) is 6.23. The van der Waals surface area contributed by atoms with Gasteiger partial charge in [0.15, 0.2) is 6.10 Å². The van der Waals surface area contributed by atoms with E-state index in [0.717, 1.165) is 19.3 Å². The molecule has 8 heteroatoms. The van der Waals surface area contributed by atoms with Crippen molar-refractivity contribution in [2.24, 2.45) is 0 Å². The second-order valence-electron chi connectivity index (χ2n) is 9.84. The number of hydrogen-bond acceptors (Lipinski definition) is 7. The lowest BCUT2D eigenvalue weighted by molar-refractivity contribution is -0.162. The highest BCUT2D eigenvalue weighted by Gasteiger charge is 2.21. The van der Waals surface area contributed by atoms with Crippen LogP contribution in [0, 0.1) is 0 Å². The predicted octanol–water partition coefficient (Wildman–Crippen LogP) is 5.70. The number of aliphatic carboxylic acids is 1. The van der Waals surface area contributed by atoms with Crippen LogP contribution in [0.15, 0.2) is 0 Å². The average Bonchev–Trinajstić information content (AvgIpc) is 2.84. The molecule has 0 aliphatic rings. The first-order valence-corrected chi connectivity index (χ1v) is 14.3. The van der Waals surface area contributed by atoms with Gasteiger partial charge in [0.1, 0.15) is 19.3 Å². The summed E-state index contributed by atoms with van der Waals surface area (Å²) in [6.07, 6.45) is 19.6. The molecule has 0 aromatic rings. The Morgan fingerprint density at radius 3 is 1.42 bits per heavy atom. The Morgan fingerprint density at radius 1 is 0.611 bits per heavy atom. The van der Waals surface area contributed by atoms with E-state index in [1.54, 1.807) is 0 Å². The van der Waals surface area contributed by atoms with Crippen LogP contribution in [0.1, 0.15) is 135 Å². The van der Waals surface area contributed by atoms with E-state index in [-0.39, 0.29) is 13.0 Å². The molecule has 0 saturated heterocycles. The van der Waals surface area contributed by atoms with Crippen LogP contribution in [0.2, 0.25) is 0 Å². The van der Waals surface area contributed by atoms with E-state index < -0.39 is 43.1 Å². The Hall–Kier alpha value is -1.67. The Kier molecular flexibility index (Phi) is 23.8. The molecule has 0 saturated carbocycles. The molecule has 0 rings (SSSR count). The lowest BCUT2D eigenvalue weighted by atomic mass is 10.0. The highest BCUT2D eigenvalue weighted by atomic mass is 16.6. The molecule has 0 bridgehead atoms. The highest BCUT2D eigenvalue weighted by molar-refractivity contribution is 5.80. The summed E-state index contributed by atoms with van der Waals surface area (Å²) < 4.78 is 9.56. The molecule has 2 unspecified atom stereocenters. The minimum absolute atomic E-state index is 0.280. The van der Waals surface area contributed by atoms with Gasteiger partial charge in [-0.2, -0.15) is 0 Å². The maximum Gasteiger partial charge on any atom is 0.335 e. The van der Waals surface area contributed by atoms with Gasteiger partial charge in [0.05, 0.1) is 6.42 Å². The lowest BCUT2D eigenvalue weighted by Crippen LogP contribution is -2.31. The number of carboxylic acid groups (broad SMARTS) is 1. The van der Waals surface area contributed by atoms with Crippen LogP contribution in [0.5, 0.6) is 0 Å². The number of aliphatic hydroxyl groups excluding tert-OH is 2. The Morgan fingerprint density at radius 2 is 1.00 bits per heavy atom. The summed E-state index contributed by atoms with van der Waals surface area (Å²) in [6, 6.07) is 0. The van der Waals surface area contributed by atoms with E-state index in [4.69, 9.17) is 9.84 Å². The fourth-order valence-corrected chi connectivity index (χ4v) is 4.00. The van der Waals surface area contributed by atoms with E-state index in [1.165, 1.54) is 96.3 Å². The summed E-state index contributed by atoms with van der Waals surface area (Å²) in [5.74, 6) is -2.89. The molecule has 212 valence electrons. The predicted molar refractivity (Wildman–Crippen MR) is 140 cm³/mol. The van der Waals surface area contributed by atoms with E-state index in [9.17, 15) is 24.6 Å². The van der Waals surface area contributed by atoms with Crippen molar-refractivity contribution in [2.45, 2.75) is 148 Å². The molecular formula is C28H52O8. The quantitative estimate of drug-likeness (QED) is 0.0985. The van der Waals surface area contributed by atoms with Crippen LogP contribution in [-0.2, 0) is 23.9 Å². The Bertz CT molecular complexity index is 552. The number of rotatable bonds is 26. The molecule has 0 aliphatic heterocycles. The SMILES string of the molecule is CCCCCCCCCCCCCCCCCCCCC(=O)OCC(O)COC(=O)C(O)CC(=O)O. The summed E-state index contributed by atoms with van der Waals surface area (Å²) in [7, 11) is 0. The van der Waals surface area contributed by atoms with Gasteiger partial charge in [-0.1, -0.05) is 116 Å². The topological polar surface area (TPSA) is 130 Å². The van der Waals surface area contributed by atoms with Gasteiger partial charge in [0.25, 0.3) is 0 Å². The number of carbonyl (C=O) groups excluding carboxylic acids is 2. The minimum atomic E-state index is -1.79. The lowest BCUT2D eigenvalue weighted by Gasteiger charge is -2.13. The van der Waals surface area contributed by atoms with E-state index >= 15 is 0 Å². The monoisotopic (exact) mass is 516 g/mol. The van der Waals surface area contributed by atoms with Crippen molar-refractivity contribution >= 4 is 17.9 Å². The number of unbranched alkanes of at least 4 members (excludes halogenated alkanes) is 17. The van der Waals surface area contributed by atoms with Crippen LogP contribution in [-0.4, -0.2) is 58.6 Å². The average molecular weight is 517 g/mol. The molecule has 0 heterocycles. The maximum atomic E-state index is 11.7. The summed E-state index contributed by atoms with van der Waals surface area (Å²) in [4.78, 5) is 33.5. The van der Waals surface area contributed by atoms with Crippen molar-refractivity contribution in [3.63, 3.8) is 0 Å². The van der Waals surface area contributed by atoms with Gasteiger partial charge in [0.2, 0.25) is 0 Å². The van der Waals surface area contributed by atoms with Crippen LogP contribution in [0.3, 0.4) is 0 Å². The summed E-state index contributed by atoms with van der Waals surface area (Å²) >= 11 is 0. The molecule has 0 fully saturated rings. The number of carbonyl (C=O) groups is 3. The van der Waals surface area contributed by atoms with Crippen LogP contribution >= 0.6 is 0 Å². The molecule has 8 nitrogen and oxygen atoms in total. The zero-order valence-corrected chi connectivity index (χ0v) is 22.6. The van der Waals surface area contributed by atoms with Gasteiger partial charge in [-0.25, -0.2) is 4.79 Å². The first kappa shape index (κ1) is 34.3. The molecule has 2 atom stereocenters. The second kappa shape index (κ2) is 25.0. The standard InChI is InChI=1S/C28H52O8/c1-2-3-4-5-6-7-8-9-10-11-12-13-14-15-16-17-18-19-20-27(33)35-22-24(29)23-36-28(34)25(30)21-26(31)32/h24-25,29-30H,2-23H2,1H3,(H,31,32). The Labute approximate surface area is 218 Å². The molecule has 0 aromatic carbocycles. The summed E-state index contributed by atoms with van der Waals surface area (Å²) in [5.41, 5.74) is 0. The molecule has 0 amide bonds. The molecule has 0 radical (unpaired) electrons. The van der Waals surface area contributed by atoms with E-state index in [1.807, 2.05) is 0 Å². The van der Waals surface area contributed by atoms with Gasteiger partial charge in [-0.05, 0) is 6.42 Å². The van der Waals surface area contributed by atoms with E-state index in [2.05, 4.69) is 11.7 Å². The zero-order chi connectivity index (χ0) is 26.9. The molecular weight excluding hydrogens is 464 g/mol. The van der Waals surface area contributed by atoms with Crippen molar-refractivity contribution < 1.29 is 39.2 Å². The minimum Gasteiger partial charge on any atom is -0.481 e. The Balaban J connectivity index is 3.39. The van der Waals surface area contributed by atoms with Gasteiger partial charge in [0, 0.05) is 6.42 Å². The van der Waals surface area contributed by atoms with Crippen LogP contribution < -0.4 is 0 Å². The third kappa shape index (κ3) is 24.0. The zero-order valence-electron chi connectivity index (χ0n) is 22.6. The third-order valence-corrected chi connectivity index (χ3v) is 6.23. The van der Waals surface area contributed by atoms with Crippen molar-refractivity contribution in [2.75, 3.05) is 13.2 Å². The fourth-order valence-electron chi connectivity index (χ4n) is 4.00. The van der Waals surface area contributed by atoms with Crippen LogP contribution in [0.4, 0.5) is 0 Å². The maximum absolute atomic E-state index is 11.7. The van der Waals surface area contributed by atoms with Crippen molar-refractivity contribution in [1.29, 1.82) is 0 Å². The molecule has 0 aliphatic carbocycles. The van der Waals surface area contributed by atoms with Gasteiger partial charge < -0.3 is 24.8 Å². The summed E-state index contributed by atoms with van der Waals surface area (Å²) in [6.45, 7) is 1.46. The molecule has 36 heavy (non-hydrogen) atoms. The number of aliphatic hydroxyl groups is 2. The van der Waals surface area contributed by atoms with Gasteiger partial charge >= 0.3 is 17.9 Å². The van der Waals surface area contributed by atoms with Gasteiger partial charge in [-0.3, -0.25) is 9.59 Å². The van der Waals surface area contributed by atoms with Gasteiger partial charge in [-0.15, -0.1) is 0 Å². The first-order valence-electron chi connectivity index (χ1n) is 14.3. The van der Waals surface area contributed by atoms with Crippen molar-refractivity contribution in [3.05, 3.63) is 0 Å². The number of esters is 2. The number of ether oxygens (including phenoxy) is 2. The van der Waals surface area contributed by atoms with Crippen molar-refractivity contribution in [1.82, 2.24) is 0 Å². The van der Waals surface area contributed by atoms with E-state index in [0.29, 0.717) is 0 Å². The largest absolute Gasteiger partial charge is 0.481 e. The number of hydrogen-bond donors (Lipinski definition) is 3. The molecule has 3 N–H and O–H groups in total. The second-order valence-corrected chi connectivity index (χ2v) is 9.84. The number of carboxylic acids is 1. The van der Waals surface area contributed by atoms with Crippen molar-refractivity contribution in [3.8, 4) is 0 Å². The van der Waals surface area contributed by atoms with Crippen LogP contribution in [0.25, 0.3) is 0 Å². The summed E-state index contributed by atoms with van der Waals surface area (Å²) in [5, 5.41) is 27.5. The highest BCUT2D eigenvalue weighted by Crippen LogP contribution is 2.14. The normalized spacial score (nSPS) is 12.8. The fraction of sp³-hybridized carbons (Fsp3) is 0.893.